The van der Waals surface area contributed by atoms with Gasteiger partial charge in [0.05, 0.1) is 17.8 Å². The molecule has 0 atom stereocenters. The van der Waals surface area contributed by atoms with Crippen LogP contribution in [0.5, 0.6) is 5.75 Å². The second-order valence-electron chi connectivity index (χ2n) is 6.38. The molecular weight excluding hydrogens is 364 g/mol. The van der Waals surface area contributed by atoms with E-state index in [4.69, 9.17) is 16.3 Å². The third-order valence-electron chi connectivity index (χ3n) is 4.56. The van der Waals surface area contributed by atoms with Crippen molar-refractivity contribution in [2.75, 3.05) is 17.7 Å². The number of allylic oxidation sites excluding steroid dienone is 2. The topological polar surface area (TPSA) is 67.4 Å². The quantitative estimate of drug-likeness (QED) is 0.757. The Hall–Kier alpha value is -2.79. The molecule has 3 rings (SSSR count). The molecular formula is C21H21ClN2O3. The molecule has 0 radical (unpaired) electrons. The highest BCUT2D eigenvalue weighted by Gasteiger charge is 2.17. The first-order valence-corrected chi connectivity index (χ1v) is 9.10. The molecule has 6 heteroatoms. The number of ether oxygens (including phenoxy) is 1. The van der Waals surface area contributed by atoms with E-state index in [1.165, 1.54) is 0 Å². The van der Waals surface area contributed by atoms with Crippen LogP contribution in [-0.2, 0) is 4.79 Å². The second-order valence-corrected chi connectivity index (χ2v) is 6.79. The predicted octanol–water partition coefficient (Wildman–Crippen LogP) is 5.04. The second kappa shape index (κ2) is 8.27. The van der Waals surface area contributed by atoms with E-state index in [-0.39, 0.29) is 11.7 Å². The van der Waals surface area contributed by atoms with Crippen molar-refractivity contribution in [1.82, 2.24) is 0 Å². The van der Waals surface area contributed by atoms with Gasteiger partial charge in [0.15, 0.2) is 5.78 Å². The number of ketones is 1. The van der Waals surface area contributed by atoms with E-state index in [9.17, 15) is 9.59 Å². The molecule has 140 valence electrons. The molecule has 0 saturated carbocycles. The van der Waals surface area contributed by atoms with Crippen LogP contribution in [-0.4, -0.2) is 18.8 Å². The van der Waals surface area contributed by atoms with Gasteiger partial charge in [-0.25, -0.2) is 0 Å². The van der Waals surface area contributed by atoms with E-state index in [0.717, 1.165) is 24.1 Å². The summed E-state index contributed by atoms with van der Waals surface area (Å²) in [4.78, 5) is 24.3. The zero-order valence-corrected chi connectivity index (χ0v) is 16.0. The standard InChI is InChI=1S/C21H21ClN2O3/c1-13-18(4-3-5-20(13)25)24-19-12-15(8-11-17(19)22)23-21(26)14-6-9-16(27-2)10-7-14/h6-12,24H,3-5H2,1-2H3,(H,23,26). The molecule has 2 N–H and O–H groups in total. The van der Waals surface area contributed by atoms with Crippen LogP contribution in [0.25, 0.3) is 0 Å². The van der Waals surface area contributed by atoms with Gasteiger partial charge in [-0.2, -0.15) is 0 Å². The average molecular weight is 385 g/mol. The zero-order chi connectivity index (χ0) is 19.4. The number of carbonyl (C=O) groups excluding carboxylic acids is 2. The summed E-state index contributed by atoms with van der Waals surface area (Å²) in [6.07, 6.45) is 2.21. The van der Waals surface area contributed by atoms with Crippen LogP contribution in [0.4, 0.5) is 11.4 Å². The lowest BCUT2D eigenvalue weighted by molar-refractivity contribution is -0.116. The number of methoxy groups -OCH3 is 1. The highest BCUT2D eigenvalue weighted by molar-refractivity contribution is 6.33. The fraction of sp³-hybridized carbons (Fsp3) is 0.238. The molecule has 1 aliphatic carbocycles. The molecule has 0 saturated heterocycles. The van der Waals surface area contributed by atoms with Crippen molar-refractivity contribution < 1.29 is 14.3 Å². The number of anilines is 2. The molecule has 0 unspecified atom stereocenters. The molecule has 2 aromatic carbocycles. The van der Waals surface area contributed by atoms with Crippen LogP contribution in [0.15, 0.2) is 53.7 Å². The van der Waals surface area contributed by atoms with E-state index in [0.29, 0.717) is 34.1 Å². The van der Waals surface area contributed by atoms with Gasteiger partial charge < -0.3 is 15.4 Å². The molecule has 0 spiro atoms. The van der Waals surface area contributed by atoms with Gasteiger partial charge in [-0.05, 0) is 62.2 Å². The van der Waals surface area contributed by atoms with Crippen LogP contribution in [0.2, 0.25) is 5.02 Å². The predicted molar refractivity (Wildman–Crippen MR) is 108 cm³/mol. The number of rotatable bonds is 5. The smallest absolute Gasteiger partial charge is 0.255 e. The number of nitrogens with one attached hydrogen (secondary N) is 2. The number of hydrogen-bond donors (Lipinski definition) is 2. The van der Waals surface area contributed by atoms with E-state index in [1.54, 1.807) is 49.6 Å². The molecule has 5 nitrogen and oxygen atoms in total. The van der Waals surface area contributed by atoms with Crippen molar-refractivity contribution in [3.8, 4) is 5.75 Å². The van der Waals surface area contributed by atoms with Crippen LogP contribution < -0.4 is 15.4 Å². The SMILES string of the molecule is COc1ccc(C(=O)Nc2ccc(Cl)c(NC3=C(C)C(=O)CCC3)c2)cc1. The first-order chi connectivity index (χ1) is 13.0. The van der Waals surface area contributed by atoms with Crippen LogP contribution in [0.1, 0.15) is 36.5 Å². The normalized spacial score (nSPS) is 14.1. The number of amides is 1. The molecule has 0 heterocycles. The minimum atomic E-state index is -0.228. The van der Waals surface area contributed by atoms with Gasteiger partial charge in [0.2, 0.25) is 0 Å². The van der Waals surface area contributed by atoms with E-state index >= 15 is 0 Å². The van der Waals surface area contributed by atoms with Gasteiger partial charge in [0, 0.05) is 28.9 Å². The lowest BCUT2D eigenvalue weighted by atomic mass is 9.96. The van der Waals surface area contributed by atoms with Gasteiger partial charge in [0.1, 0.15) is 5.75 Å². The summed E-state index contributed by atoms with van der Waals surface area (Å²) in [7, 11) is 1.58. The molecule has 1 amide bonds. The Bertz CT molecular complexity index is 904. The maximum Gasteiger partial charge on any atom is 0.255 e. The highest BCUT2D eigenvalue weighted by Crippen LogP contribution is 2.30. The first-order valence-electron chi connectivity index (χ1n) is 8.73. The lowest BCUT2D eigenvalue weighted by Crippen LogP contribution is -2.15. The first kappa shape index (κ1) is 19.0. The van der Waals surface area contributed by atoms with Crippen molar-refractivity contribution in [3.63, 3.8) is 0 Å². The van der Waals surface area contributed by atoms with E-state index < -0.39 is 0 Å². The number of halogens is 1. The maximum atomic E-state index is 12.4. The molecule has 0 fully saturated rings. The number of Topliss-reactive ketones (excluding diaryl/α,β-unsaturated/α-hetero) is 1. The van der Waals surface area contributed by atoms with Crippen molar-refractivity contribution in [3.05, 3.63) is 64.3 Å². The van der Waals surface area contributed by atoms with Gasteiger partial charge in [-0.3, -0.25) is 9.59 Å². The Labute approximate surface area is 163 Å². The minimum absolute atomic E-state index is 0.156. The summed E-state index contributed by atoms with van der Waals surface area (Å²) in [5, 5.41) is 6.64. The van der Waals surface area contributed by atoms with Crippen molar-refractivity contribution in [2.45, 2.75) is 26.2 Å². The van der Waals surface area contributed by atoms with Gasteiger partial charge >= 0.3 is 0 Å². The Kier molecular flexibility index (Phi) is 5.81. The molecule has 2 aromatic rings. The Morgan fingerprint density at radius 2 is 1.85 bits per heavy atom. The van der Waals surface area contributed by atoms with E-state index in [1.807, 2.05) is 6.92 Å². The van der Waals surface area contributed by atoms with Crippen molar-refractivity contribution >= 4 is 34.7 Å². The summed E-state index contributed by atoms with van der Waals surface area (Å²) in [5.41, 5.74) is 3.42. The monoisotopic (exact) mass is 384 g/mol. The van der Waals surface area contributed by atoms with Gasteiger partial charge in [-0.15, -0.1) is 0 Å². The molecule has 0 aliphatic heterocycles. The molecule has 0 bridgehead atoms. The van der Waals surface area contributed by atoms with Crippen molar-refractivity contribution in [2.24, 2.45) is 0 Å². The Morgan fingerprint density at radius 1 is 1.11 bits per heavy atom. The van der Waals surface area contributed by atoms with Gasteiger partial charge in [-0.1, -0.05) is 11.6 Å². The molecule has 1 aliphatic rings. The number of carbonyl (C=O) groups is 2. The fourth-order valence-electron chi connectivity index (χ4n) is 2.93. The average Bonchev–Trinajstić information content (AvgIpc) is 2.68. The maximum absolute atomic E-state index is 12.4. The van der Waals surface area contributed by atoms with Gasteiger partial charge in [0.25, 0.3) is 5.91 Å². The highest BCUT2D eigenvalue weighted by atomic mass is 35.5. The van der Waals surface area contributed by atoms with E-state index in [2.05, 4.69) is 10.6 Å². The number of hydrogen-bond acceptors (Lipinski definition) is 4. The molecule has 0 aromatic heterocycles. The molecule has 27 heavy (non-hydrogen) atoms. The third kappa shape index (κ3) is 4.49. The Balaban J connectivity index is 1.77. The van der Waals surface area contributed by atoms with Crippen LogP contribution in [0, 0.1) is 0 Å². The minimum Gasteiger partial charge on any atom is -0.497 e. The summed E-state index contributed by atoms with van der Waals surface area (Å²) in [6.45, 7) is 1.83. The summed E-state index contributed by atoms with van der Waals surface area (Å²) in [5.74, 6) is 0.619. The summed E-state index contributed by atoms with van der Waals surface area (Å²) in [6, 6.07) is 12.1. The third-order valence-corrected chi connectivity index (χ3v) is 4.89. The zero-order valence-electron chi connectivity index (χ0n) is 15.3. The number of benzene rings is 2. The van der Waals surface area contributed by atoms with Crippen molar-refractivity contribution in [1.29, 1.82) is 0 Å². The largest absolute Gasteiger partial charge is 0.497 e. The fourth-order valence-corrected chi connectivity index (χ4v) is 3.10. The summed E-state index contributed by atoms with van der Waals surface area (Å²) < 4.78 is 5.10. The summed E-state index contributed by atoms with van der Waals surface area (Å²) >= 11 is 6.29. The van der Waals surface area contributed by atoms with Crippen LogP contribution in [0.3, 0.4) is 0 Å². The lowest BCUT2D eigenvalue weighted by Gasteiger charge is -2.20. The van der Waals surface area contributed by atoms with Crippen LogP contribution >= 0.6 is 11.6 Å². The Morgan fingerprint density at radius 3 is 2.56 bits per heavy atom.